The average Bonchev–Trinajstić information content (AvgIpc) is 2.66. The lowest BCUT2D eigenvalue weighted by molar-refractivity contribution is -0.121. The van der Waals surface area contributed by atoms with Crippen LogP contribution in [0.5, 0.6) is 11.5 Å². The zero-order valence-electron chi connectivity index (χ0n) is 15.4. The second-order valence-electron chi connectivity index (χ2n) is 6.26. The molecule has 1 aliphatic rings. The zero-order chi connectivity index (χ0) is 19.8. The first kappa shape index (κ1) is 20.5. The summed E-state index contributed by atoms with van der Waals surface area (Å²) in [4.78, 5) is 23.9. The van der Waals surface area contributed by atoms with E-state index >= 15 is 0 Å². The molecule has 2 N–H and O–H groups in total. The fraction of sp³-hybridized carbons (Fsp3) is 0.333. The Kier molecular flexibility index (Phi) is 7.37. The molecule has 0 aromatic heterocycles. The number of aromatic hydroxyl groups is 1. The summed E-state index contributed by atoms with van der Waals surface area (Å²) < 4.78 is 10.1. The molecular weight excluding hydrogens is 348 g/mol. The number of ether oxygens (including phenoxy) is 2. The van der Waals surface area contributed by atoms with Gasteiger partial charge in [0.2, 0.25) is 0 Å². The van der Waals surface area contributed by atoms with Crippen LogP contribution in [0.15, 0.2) is 48.3 Å². The first-order valence-electron chi connectivity index (χ1n) is 8.65. The summed E-state index contributed by atoms with van der Waals surface area (Å²) in [6.45, 7) is 0. The third kappa shape index (κ3) is 6.11. The van der Waals surface area contributed by atoms with Crippen LogP contribution in [0.1, 0.15) is 24.8 Å². The van der Waals surface area contributed by atoms with Gasteiger partial charge < -0.3 is 19.7 Å². The first-order valence-corrected chi connectivity index (χ1v) is 8.65. The molecule has 144 valence electrons. The van der Waals surface area contributed by atoms with Crippen molar-refractivity contribution in [2.24, 2.45) is 5.92 Å². The molecule has 1 aromatic rings. The van der Waals surface area contributed by atoms with Crippen molar-refractivity contribution in [3.63, 3.8) is 0 Å². The van der Waals surface area contributed by atoms with Gasteiger partial charge in [-0.25, -0.2) is 0 Å². The number of aliphatic hydroxyl groups is 1. The predicted molar refractivity (Wildman–Crippen MR) is 101 cm³/mol. The number of hydrogen-bond donors (Lipinski definition) is 2. The number of allylic oxidation sites excluding steroid dienone is 4. The van der Waals surface area contributed by atoms with Crippen molar-refractivity contribution in [1.29, 1.82) is 0 Å². The molecule has 1 aromatic carbocycles. The molecule has 2 atom stereocenters. The Hall–Kier alpha value is -2.86. The number of hydrogen-bond acceptors (Lipinski definition) is 6. The summed E-state index contributed by atoms with van der Waals surface area (Å²) in [5.74, 6) is 0.233. The fourth-order valence-corrected chi connectivity index (χ4v) is 2.76. The highest BCUT2D eigenvalue weighted by Gasteiger charge is 2.20. The highest BCUT2D eigenvalue weighted by molar-refractivity contribution is 6.09. The van der Waals surface area contributed by atoms with E-state index in [0.29, 0.717) is 29.9 Å². The van der Waals surface area contributed by atoms with Crippen LogP contribution in [-0.2, 0) is 14.3 Å². The summed E-state index contributed by atoms with van der Waals surface area (Å²) in [6, 6.07) is 4.71. The smallest absolute Gasteiger partial charge is 0.163 e. The van der Waals surface area contributed by atoms with Crippen LogP contribution in [0.3, 0.4) is 0 Å². The Bertz CT molecular complexity index is 775. The average molecular weight is 372 g/mol. The van der Waals surface area contributed by atoms with Crippen molar-refractivity contribution in [2.45, 2.75) is 25.4 Å². The Balaban J connectivity index is 1.90. The van der Waals surface area contributed by atoms with Crippen LogP contribution in [0.25, 0.3) is 6.08 Å². The summed E-state index contributed by atoms with van der Waals surface area (Å²) in [6.07, 6.45) is 8.29. The summed E-state index contributed by atoms with van der Waals surface area (Å²) in [7, 11) is 2.94. The molecule has 0 spiro atoms. The number of rotatable bonds is 8. The molecule has 6 heteroatoms. The number of aliphatic hydroxyl groups excluding tert-OH is 1. The number of carbonyl (C=O) groups is 2. The maximum Gasteiger partial charge on any atom is 0.163 e. The maximum absolute atomic E-state index is 12.0. The second kappa shape index (κ2) is 9.73. The van der Waals surface area contributed by atoms with Crippen molar-refractivity contribution in [3.8, 4) is 11.5 Å². The minimum absolute atomic E-state index is 0.00223. The molecule has 2 rings (SSSR count). The predicted octanol–water partition coefficient (Wildman–Crippen LogP) is 2.80. The molecular formula is C21H24O6. The van der Waals surface area contributed by atoms with Crippen LogP contribution in [-0.4, -0.2) is 42.1 Å². The normalized spacial score (nSPS) is 19.9. The van der Waals surface area contributed by atoms with Gasteiger partial charge >= 0.3 is 0 Å². The molecule has 0 radical (unpaired) electrons. The van der Waals surface area contributed by atoms with Gasteiger partial charge in [0.15, 0.2) is 23.1 Å². The van der Waals surface area contributed by atoms with E-state index in [1.165, 1.54) is 32.4 Å². The summed E-state index contributed by atoms with van der Waals surface area (Å²) >= 11 is 0. The Morgan fingerprint density at radius 2 is 1.89 bits per heavy atom. The van der Waals surface area contributed by atoms with Gasteiger partial charge in [0.25, 0.3) is 0 Å². The Morgan fingerprint density at radius 1 is 1.15 bits per heavy atom. The van der Waals surface area contributed by atoms with E-state index in [1.807, 2.05) is 0 Å². The maximum atomic E-state index is 12.0. The quantitative estimate of drug-likeness (QED) is 0.538. The SMILES string of the molecule is COC1=CC(/C=C/C(=O)CC(=O)/C=C/c2ccc(O)c(OC)c2)CCC1O. The van der Waals surface area contributed by atoms with Gasteiger partial charge in [-0.05, 0) is 54.7 Å². The highest BCUT2D eigenvalue weighted by atomic mass is 16.5. The Labute approximate surface area is 158 Å². The van der Waals surface area contributed by atoms with Crippen molar-refractivity contribution in [1.82, 2.24) is 0 Å². The number of benzene rings is 1. The van der Waals surface area contributed by atoms with E-state index in [4.69, 9.17) is 9.47 Å². The molecule has 1 aliphatic carbocycles. The largest absolute Gasteiger partial charge is 0.504 e. The van der Waals surface area contributed by atoms with Crippen molar-refractivity contribution >= 4 is 17.6 Å². The third-order valence-corrected chi connectivity index (χ3v) is 4.26. The zero-order valence-corrected chi connectivity index (χ0v) is 15.4. The number of phenolic OH excluding ortho intramolecular Hbond substituents is 1. The van der Waals surface area contributed by atoms with Gasteiger partial charge in [-0.1, -0.05) is 18.2 Å². The number of ketones is 2. The summed E-state index contributed by atoms with van der Waals surface area (Å²) in [5, 5.41) is 19.3. The lowest BCUT2D eigenvalue weighted by Crippen LogP contribution is -2.19. The second-order valence-corrected chi connectivity index (χ2v) is 6.26. The first-order chi connectivity index (χ1) is 12.9. The molecule has 0 amide bonds. The fourth-order valence-electron chi connectivity index (χ4n) is 2.76. The molecule has 27 heavy (non-hydrogen) atoms. The van der Waals surface area contributed by atoms with Crippen LogP contribution >= 0.6 is 0 Å². The minimum Gasteiger partial charge on any atom is -0.504 e. The Morgan fingerprint density at radius 3 is 2.59 bits per heavy atom. The lowest BCUT2D eigenvalue weighted by Gasteiger charge is -2.22. The molecule has 0 heterocycles. The van der Waals surface area contributed by atoms with Gasteiger partial charge in [-0.3, -0.25) is 9.59 Å². The number of methoxy groups -OCH3 is 2. The van der Waals surface area contributed by atoms with E-state index in [2.05, 4.69) is 0 Å². The monoisotopic (exact) mass is 372 g/mol. The molecule has 0 bridgehead atoms. The van der Waals surface area contributed by atoms with Crippen LogP contribution < -0.4 is 4.74 Å². The van der Waals surface area contributed by atoms with Crippen LogP contribution in [0, 0.1) is 5.92 Å². The number of carbonyl (C=O) groups excluding carboxylic acids is 2. The molecule has 2 unspecified atom stereocenters. The van der Waals surface area contributed by atoms with Crippen molar-refractivity contribution < 1.29 is 29.3 Å². The van der Waals surface area contributed by atoms with Crippen molar-refractivity contribution in [3.05, 3.63) is 53.8 Å². The van der Waals surface area contributed by atoms with E-state index < -0.39 is 6.10 Å². The highest BCUT2D eigenvalue weighted by Crippen LogP contribution is 2.27. The molecule has 0 saturated carbocycles. The van der Waals surface area contributed by atoms with E-state index in [9.17, 15) is 19.8 Å². The molecule has 0 saturated heterocycles. The van der Waals surface area contributed by atoms with Gasteiger partial charge in [0, 0.05) is 0 Å². The van der Waals surface area contributed by atoms with Crippen LogP contribution in [0.4, 0.5) is 0 Å². The standard InChI is InChI=1S/C21H24O6/c1-26-20-11-14(5-9-18(20)24)3-7-16(22)13-17(23)8-4-15-6-10-19(25)21(12-15)27-2/h3-5,7-9,11-12,15,19,24-25H,6,10,13H2,1-2H3/b7-3+,8-4+. The third-order valence-electron chi connectivity index (χ3n) is 4.26. The van der Waals surface area contributed by atoms with E-state index in [-0.39, 0.29) is 29.7 Å². The van der Waals surface area contributed by atoms with Crippen LogP contribution in [0.2, 0.25) is 0 Å². The summed E-state index contributed by atoms with van der Waals surface area (Å²) in [5.41, 5.74) is 0.680. The molecule has 0 fully saturated rings. The van der Waals surface area contributed by atoms with E-state index in [0.717, 1.165) is 0 Å². The minimum atomic E-state index is -0.597. The van der Waals surface area contributed by atoms with Gasteiger partial charge in [0.1, 0.15) is 11.9 Å². The number of phenols is 1. The molecule has 6 nitrogen and oxygen atoms in total. The lowest BCUT2D eigenvalue weighted by atomic mass is 9.92. The van der Waals surface area contributed by atoms with Gasteiger partial charge in [-0.15, -0.1) is 0 Å². The topological polar surface area (TPSA) is 93.1 Å². The van der Waals surface area contributed by atoms with Crippen molar-refractivity contribution in [2.75, 3.05) is 14.2 Å². The van der Waals surface area contributed by atoms with E-state index in [1.54, 1.807) is 30.4 Å². The van der Waals surface area contributed by atoms with Gasteiger partial charge in [0.05, 0.1) is 20.6 Å². The molecule has 0 aliphatic heterocycles. The van der Waals surface area contributed by atoms with Gasteiger partial charge in [-0.2, -0.15) is 0 Å².